The molecule has 0 aromatic heterocycles. The van der Waals surface area contributed by atoms with E-state index in [0.29, 0.717) is 29.4 Å². The molecule has 2 N–H and O–H groups in total. The fourth-order valence-electron chi connectivity index (χ4n) is 2.60. The van der Waals surface area contributed by atoms with E-state index in [1.807, 2.05) is 0 Å². The van der Waals surface area contributed by atoms with Crippen LogP contribution in [0.2, 0.25) is 5.02 Å². The van der Waals surface area contributed by atoms with E-state index in [1.165, 1.54) is 17.1 Å². The van der Waals surface area contributed by atoms with E-state index in [1.54, 1.807) is 60.7 Å². The van der Waals surface area contributed by atoms with Gasteiger partial charge in [0, 0.05) is 29.0 Å². The Bertz CT molecular complexity index is 952. The third-order valence-electron chi connectivity index (χ3n) is 3.98. The molecule has 2 aromatic rings. The number of hydrogen-bond donors (Lipinski definition) is 2. The summed E-state index contributed by atoms with van der Waals surface area (Å²) in [6, 6.07) is 13.4. The fraction of sp³-hybridized carbons (Fsp3) is 0.0952. The lowest BCUT2D eigenvalue weighted by Gasteiger charge is -2.19. The van der Waals surface area contributed by atoms with Crippen molar-refractivity contribution in [1.82, 2.24) is 4.90 Å². The Morgan fingerprint density at radius 2 is 1.79 bits per heavy atom. The monoisotopic (exact) mass is 395 g/mol. The predicted molar refractivity (Wildman–Crippen MR) is 110 cm³/mol. The van der Waals surface area contributed by atoms with Gasteiger partial charge in [-0.2, -0.15) is 0 Å². The molecule has 1 aliphatic heterocycles. The summed E-state index contributed by atoms with van der Waals surface area (Å²) in [5.74, 6) is -0.649. The van der Waals surface area contributed by atoms with Gasteiger partial charge in [-0.25, -0.2) is 4.79 Å². The van der Waals surface area contributed by atoms with Gasteiger partial charge < -0.3 is 10.6 Å². The molecular formula is C21H18ClN3O3. The van der Waals surface area contributed by atoms with Crippen LogP contribution in [0.5, 0.6) is 0 Å². The van der Waals surface area contributed by atoms with Crippen LogP contribution in [0.1, 0.15) is 12.0 Å². The molecule has 1 aliphatic rings. The number of nitrogens with zero attached hydrogens (tertiary/aromatic N) is 1. The summed E-state index contributed by atoms with van der Waals surface area (Å²) in [7, 11) is 0. The highest BCUT2D eigenvalue weighted by Gasteiger charge is 2.18. The van der Waals surface area contributed by atoms with Crippen molar-refractivity contribution in [1.29, 1.82) is 0 Å². The molecule has 0 saturated carbocycles. The second-order valence-electron chi connectivity index (χ2n) is 6.06. The highest BCUT2D eigenvalue weighted by molar-refractivity contribution is 6.30. The molecule has 0 radical (unpaired) electrons. The molecule has 142 valence electrons. The van der Waals surface area contributed by atoms with Crippen LogP contribution in [0.4, 0.5) is 16.2 Å². The topological polar surface area (TPSA) is 78.5 Å². The van der Waals surface area contributed by atoms with Crippen LogP contribution >= 0.6 is 11.6 Å². The molecule has 0 aliphatic carbocycles. The van der Waals surface area contributed by atoms with Crippen molar-refractivity contribution in [2.24, 2.45) is 0 Å². The summed E-state index contributed by atoms with van der Waals surface area (Å²) in [5, 5.41) is 5.94. The Labute approximate surface area is 167 Å². The molecule has 0 bridgehead atoms. The largest absolute Gasteiger partial charge is 0.323 e. The number of nitrogens with one attached hydrogen (secondary N) is 2. The van der Waals surface area contributed by atoms with E-state index >= 15 is 0 Å². The summed E-state index contributed by atoms with van der Waals surface area (Å²) < 4.78 is 0. The Morgan fingerprint density at radius 1 is 1.04 bits per heavy atom. The molecule has 7 heteroatoms. The Hall–Kier alpha value is -3.38. The van der Waals surface area contributed by atoms with Crippen molar-refractivity contribution in [2.45, 2.75) is 6.42 Å². The minimum Gasteiger partial charge on any atom is -0.308 e. The van der Waals surface area contributed by atoms with Gasteiger partial charge >= 0.3 is 6.03 Å². The van der Waals surface area contributed by atoms with Gasteiger partial charge in [0.15, 0.2) is 0 Å². The van der Waals surface area contributed by atoms with Crippen molar-refractivity contribution < 1.29 is 14.4 Å². The molecule has 0 unspecified atom stereocenters. The number of anilines is 2. The van der Waals surface area contributed by atoms with Gasteiger partial charge in [0.25, 0.3) is 11.8 Å². The van der Waals surface area contributed by atoms with Crippen molar-refractivity contribution in [2.75, 3.05) is 17.2 Å². The Kier molecular flexibility index (Phi) is 6.24. The van der Waals surface area contributed by atoms with Gasteiger partial charge in [-0.15, -0.1) is 0 Å². The van der Waals surface area contributed by atoms with E-state index < -0.39 is 6.03 Å². The normalized spacial score (nSPS) is 13.6. The number of amides is 4. The summed E-state index contributed by atoms with van der Waals surface area (Å²) in [6.07, 6.45) is 6.83. The van der Waals surface area contributed by atoms with Crippen LogP contribution in [0.3, 0.4) is 0 Å². The molecule has 6 nitrogen and oxygen atoms in total. The molecule has 0 saturated heterocycles. The smallest absolute Gasteiger partial charge is 0.308 e. The number of rotatable bonds is 4. The second kappa shape index (κ2) is 9.01. The van der Waals surface area contributed by atoms with Crippen molar-refractivity contribution in [3.63, 3.8) is 0 Å². The van der Waals surface area contributed by atoms with E-state index in [-0.39, 0.29) is 11.8 Å². The third-order valence-corrected chi connectivity index (χ3v) is 4.22. The van der Waals surface area contributed by atoms with Gasteiger partial charge in [0.05, 0.1) is 0 Å². The van der Waals surface area contributed by atoms with Crippen LogP contribution in [-0.4, -0.2) is 29.3 Å². The maximum absolute atomic E-state index is 12.1. The molecule has 28 heavy (non-hydrogen) atoms. The summed E-state index contributed by atoms with van der Waals surface area (Å²) in [5.41, 5.74) is 1.96. The standard InChI is InChI=1S/C21H18ClN3O3/c22-16-4-3-5-18(14-16)24-21(28)23-17-10-7-15(8-11-17)9-12-20(27)25-13-2-1-6-19(25)26/h1,3-12,14H,2,13H2,(H2,23,24,28)/b12-9+. The van der Waals surface area contributed by atoms with Crippen molar-refractivity contribution >= 4 is 46.9 Å². The SMILES string of the molecule is O=C(Nc1ccc(/C=C/C(=O)N2CCC=CC2=O)cc1)Nc1cccc(Cl)c1. The number of carbonyl (C=O) groups excluding carboxylic acids is 3. The third kappa shape index (κ3) is 5.31. The van der Waals surface area contributed by atoms with Gasteiger partial charge in [0.2, 0.25) is 0 Å². The average molecular weight is 396 g/mol. The second-order valence-corrected chi connectivity index (χ2v) is 6.50. The van der Waals surface area contributed by atoms with Crippen LogP contribution in [-0.2, 0) is 9.59 Å². The summed E-state index contributed by atoms with van der Waals surface area (Å²) >= 11 is 5.89. The van der Waals surface area contributed by atoms with E-state index in [0.717, 1.165) is 5.56 Å². The molecule has 0 fully saturated rings. The zero-order valence-corrected chi connectivity index (χ0v) is 15.6. The lowest BCUT2D eigenvalue weighted by atomic mass is 10.2. The number of urea groups is 1. The predicted octanol–water partition coefficient (Wildman–Crippen LogP) is 4.31. The minimum atomic E-state index is -0.391. The zero-order chi connectivity index (χ0) is 19.9. The summed E-state index contributed by atoms with van der Waals surface area (Å²) in [4.78, 5) is 37.0. The van der Waals surface area contributed by atoms with Crippen LogP contribution in [0.25, 0.3) is 6.08 Å². The van der Waals surface area contributed by atoms with Gasteiger partial charge in [-0.1, -0.05) is 35.9 Å². The minimum absolute atomic E-state index is 0.300. The highest BCUT2D eigenvalue weighted by atomic mass is 35.5. The van der Waals surface area contributed by atoms with Gasteiger partial charge in [0.1, 0.15) is 0 Å². The lowest BCUT2D eigenvalue weighted by Crippen LogP contribution is -2.37. The lowest BCUT2D eigenvalue weighted by molar-refractivity contribution is -0.139. The van der Waals surface area contributed by atoms with Crippen molar-refractivity contribution in [3.8, 4) is 0 Å². The number of hydrogen-bond acceptors (Lipinski definition) is 3. The average Bonchev–Trinajstić information content (AvgIpc) is 2.67. The molecule has 0 spiro atoms. The highest BCUT2D eigenvalue weighted by Crippen LogP contribution is 2.16. The van der Waals surface area contributed by atoms with Gasteiger partial charge in [-0.3, -0.25) is 14.5 Å². The number of halogens is 1. The maximum atomic E-state index is 12.1. The first-order valence-electron chi connectivity index (χ1n) is 8.65. The number of carbonyl (C=O) groups is 3. The first-order valence-corrected chi connectivity index (χ1v) is 9.03. The molecule has 2 aromatic carbocycles. The van der Waals surface area contributed by atoms with E-state index in [4.69, 9.17) is 11.6 Å². The molecular weight excluding hydrogens is 378 g/mol. The fourth-order valence-corrected chi connectivity index (χ4v) is 2.79. The first kappa shape index (κ1) is 19.4. The number of imide groups is 1. The van der Waals surface area contributed by atoms with Crippen LogP contribution in [0, 0.1) is 0 Å². The van der Waals surface area contributed by atoms with Crippen LogP contribution in [0.15, 0.2) is 66.8 Å². The zero-order valence-electron chi connectivity index (χ0n) is 14.9. The Morgan fingerprint density at radius 3 is 2.50 bits per heavy atom. The molecule has 4 amide bonds. The van der Waals surface area contributed by atoms with E-state index in [2.05, 4.69) is 10.6 Å². The molecule has 0 atom stereocenters. The van der Waals surface area contributed by atoms with Crippen molar-refractivity contribution in [3.05, 3.63) is 77.3 Å². The summed E-state index contributed by atoms with van der Waals surface area (Å²) in [6.45, 7) is 0.392. The quantitative estimate of drug-likeness (QED) is 0.757. The van der Waals surface area contributed by atoms with E-state index in [9.17, 15) is 14.4 Å². The molecule has 1 heterocycles. The Balaban J connectivity index is 1.55. The maximum Gasteiger partial charge on any atom is 0.323 e. The number of benzene rings is 2. The van der Waals surface area contributed by atoms with Crippen LogP contribution < -0.4 is 10.6 Å². The first-order chi connectivity index (χ1) is 13.5. The molecule has 3 rings (SSSR count). The van der Waals surface area contributed by atoms with Gasteiger partial charge in [-0.05, 0) is 54.5 Å².